The lowest BCUT2D eigenvalue weighted by atomic mass is 10.1. The molecule has 8 nitrogen and oxygen atoms in total. The quantitative estimate of drug-likeness (QED) is 0.369. The van der Waals surface area contributed by atoms with Crippen LogP contribution in [0.25, 0.3) is 16.7 Å². The fraction of sp³-hybridized carbons (Fsp3) is 0.115. The average molecular weight is 486 g/mol. The van der Waals surface area contributed by atoms with Crippen LogP contribution in [0.4, 0.5) is 5.69 Å². The third kappa shape index (κ3) is 4.31. The minimum atomic E-state index is -0.565. The molecule has 1 amide bonds. The number of nitrogens with zero attached hydrogens (tertiary/aromatic N) is 4. The fourth-order valence-electron chi connectivity index (χ4n) is 3.92. The monoisotopic (exact) mass is 485 g/mol. The van der Waals surface area contributed by atoms with E-state index < -0.39 is 5.91 Å². The van der Waals surface area contributed by atoms with E-state index in [4.69, 9.17) is 11.6 Å². The smallest absolute Gasteiger partial charge is 0.296 e. The van der Waals surface area contributed by atoms with Gasteiger partial charge in [-0.05, 0) is 73.5 Å². The number of fused-ring (bicyclic) bond motifs is 3. The van der Waals surface area contributed by atoms with E-state index in [9.17, 15) is 14.4 Å². The van der Waals surface area contributed by atoms with Gasteiger partial charge in [0.2, 0.25) is 11.5 Å². The highest BCUT2D eigenvalue weighted by atomic mass is 35.5. The number of Topliss-reactive ketones (excluding diaryl/α,β-unsaturated/α-hetero) is 1. The van der Waals surface area contributed by atoms with Crippen LogP contribution in [-0.4, -0.2) is 30.9 Å². The Bertz CT molecular complexity index is 1690. The van der Waals surface area contributed by atoms with Crippen molar-refractivity contribution >= 4 is 45.7 Å². The zero-order chi connectivity index (χ0) is 24.7. The Labute approximate surface area is 204 Å². The molecule has 5 aromatic rings. The Morgan fingerprint density at radius 2 is 1.77 bits per heavy atom. The molecule has 0 unspecified atom stereocenters. The topological polar surface area (TPSA) is 98.4 Å². The molecule has 9 heteroatoms. The van der Waals surface area contributed by atoms with Gasteiger partial charge >= 0.3 is 0 Å². The van der Waals surface area contributed by atoms with E-state index in [2.05, 4.69) is 15.4 Å². The van der Waals surface area contributed by atoms with Gasteiger partial charge in [-0.1, -0.05) is 29.8 Å². The van der Waals surface area contributed by atoms with Crippen LogP contribution in [0.5, 0.6) is 0 Å². The van der Waals surface area contributed by atoms with E-state index in [0.717, 1.165) is 11.1 Å². The van der Waals surface area contributed by atoms with Crippen LogP contribution in [0.1, 0.15) is 39.0 Å². The summed E-state index contributed by atoms with van der Waals surface area (Å²) in [5, 5.41) is 7.63. The van der Waals surface area contributed by atoms with Crippen molar-refractivity contribution in [3.05, 3.63) is 105 Å². The molecule has 0 atom stereocenters. The van der Waals surface area contributed by atoms with Gasteiger partial charge in [-0.2, -0.15) is 4.98 Å². The highest BCUT2D eigenvalue weighted by molar-refractivity contribution is 6.30. The van der Waals surface area contributed by atoms with Crippen molar-refractivity contribution in [2.75, 3.05) is 5.32 Å². The van der Waals surface area contributed by atoms with E-state index in [1.54, 1.807) is 41.0 Å². The number of aryl methyl sites for hydroxylation is 1. The highest BCUT2D eigenvalue weighted by Gasteiger charge is 2.20. The van der Waals surface area contributed by atoms with Crippen LogP contribution in [0.3, 0.4) is 0 Å². The van der Waals surface area contributed by atoms with Gasteiger partial charge in [-0.3, -0.25) is 19.0 Å². The van der Waals surface area contributed by atoms with E-state index in [0.29, 0.717) is 27.3 Å². The summed E-state index contributed by atoms with van der Waals surface area (Å²) in [7, 11) is 0. The average Bonchev–Trinajstić information content (AvgIpc) is 3.28. The summed E-state index contributed by atoms with van der Waals surface area (Å²) in [4.78, 5) is 42.1. The summed E-state index contributed by atoms with van der Waals surface area (Å²) in [6.07, 6.45) is 0. The number of carbonyl (C=O) groups excluding carboxylic acids is 2. The number of rotatable bonds is 5. The maximum Gasteiger partial charge on any atom is 0.296 e. The van der Waals surface area contributed by atoms with Crippen LogP contribution in [-0.2, 0) is 6.54 Å². The van der Waals surface area contributed by atoms with E-state index >= 15 is 0 Å². The predicted octanol–water partition coefficient (Wildman–Crippen LogP) is 4.51. The molecule has 0 bridgehead atoms. The van der Waals surface area contributed by atoms with Crippen LogP contribution in [0.15, 0.2) is 71.5 Å². The number of nitrogens with one attached hydrogen (secondary N) is 1. The molecule has 2 aromatic heterocycles. The van der Waals surface area contributed by atoms with Gasteiger partial charge in [0, 0.05) is 16.3 Å². The molecule has 0 aliphatic heterocycles. The maximum absolute atomic E-state index is 13.5. The summed E-state index contributed by atoms with van der Waals surface area (Å²) < 4.78 is 3.01. The molecular formula is C26H20ClN5O3. The Morgan fingerprint density at radius 3 is 2.49 bits per heavy atom. The molecule has 0 aliphatic rings. The van der Waals surface area contributed by atoms with Gasteiger partial charge in [-0.25, -0.2) is 4.52 Å². The first kappa shape index (κ1) is 22.5. The second-order valence-electron chi connectivity index (χ2n) is 8.27. The van der Waals surface area contributed by atoms with E-state index in [1.165, 1.54) is 11.4 Å². The summed E-state index contributed by atoms with van der Waals surface area (Å²) in [5.41, 5.74) is 3.83. The zero-order valence-electron chi connectivity index (χ0n) is 18.9. The molecule has 0 saturated carbocycles. The standard InChI is InChI=1S/C26H20ClN5O3/c1-15-6-11-21-22(12-15)31(14-17-4-3-5-19(27)13-17)26(35)24-29-23(30-32(21)24)25(34)28-20-9-7-18(8-10-20)16(2)33/h3-13H,14H2,1-2H3,(H,28,34). The Kier molecular flexibility index (Phi) is 5.66. The van der Waals surface area contributed by atoms with Crippen LogP contribution in [0.2, 0.25) is 5.02 Å². The molecule has 2 heterocycles. The summed E-state index contributed by atoms with van der Waals surface area (Å²) >= 11 is 6.14. The molecule has 0 fully saturated rings. The van der Waals surface area contributed by atoms with Gasteiger partial charge in [0.1, 0.15) is 0 Å². The lowest BCUT2D eigenvalue weighted by molar-refractivity contribution is 0.101. The Morgan fingerprint density at radius 1 is 1.00 bits per heavy atom. The van der Waals surface area contributed by atoms with Crippen molar-refractivity contribution in [1.29, 1.82) is 0 Å². The van der Waals surface area contributed by atoms with Gasteiger partial charge < -0.3 is 5.32 Å². The third-order valence-corrected chi connectivity index (χ3v) is 5.91. The number of hydrogen-bond acceptors (Lipinski definition) is 5. The Hall–Kier alpha value is -4.30. The normalized spacial score (nSPS) is 11.2. The van der Waals surface area contributed by atoms with Crippen LogP contribution >= 0.6 is 11.6 Å². The highest BCUT2D eigenvalue weighted by Crippen LogP contribution is 2.19. The third-order valence-electron chi connectivity index (χ3n) is 5.68. The Balaban J connectivity index is 1.59. The number of ketones is 1. The van der Waals surface area contributed by atoms with Crippen LogP contribution in [0, 0.1) is 6.92 Å². The molecule has 3 aromatic carbocycles. The van der Waals surface area contributed by atoms with Crippen LogP contribution < -0.4 is 10.9 Å². The minimum Gasteiger partial charge on any atom is -0.319 e. The first-order valence-electron chi connectivity index (χ1n) is 10.9. The molecule has 0 radical (unpaired) electrons. The number of carbonyl (C=O) groups is 2. The minimum absolute atomic E-state index is 0.0421. The predicted molar refractivity (Wildman–Crippen MR) is 134 cm³/mol. The van der Waals surface area contributed by atoms with E-state index in [1.807, 2.05) is 37.3 Å². The van der Waals surface area contributed by atoms with Crippen molar-refractivity contribution in [2.24, 2.45) is 0 Å². The molecule has 0 spiro atoms. The number of anilines is 1. The SMILES string of the molecule is CC(=O)c1ccc(NC(=O)c2nc3c(=O)n(Cc4cccc(Cl)c4)c4cc(C)ccc4n3n2)cc1. The summed E-state index contributed by atoms with van der Waals surface area (Å²) in [6.45, 7) is 3.70. The van der Waals surface area contributed by atoms with Gasteiger partial charge in [-0.15, -0.1) is 5.10 Å². The second-order valence-corrected chi connectivity index (χ2v) is 8.71. The number of aromatic nitrogens is 4. The molecule has 0 saturated heterocycles. The zero-order valence-corrected chi connectivity index (χ0v) is 19.7. The van der Waals surface area contributed by atoms with Gasteiger partial charge in [0.25, 0.3) is 11.5 Å². The second kappa shape index (κ2) is 8.81. The molecule has 0 aliphatic carbocycles. The van der Waals surface area contributed by atoms with E-state index in [-0.39, 0.29) is 29.4 Å². The lowest BCUT2D eigenvalue weighted by Gasteiger charge is -2.12. The van der Waals surface area contributed by atoms with Crippen molar-refractivity contribution in [1.82, 2.24) is 19.2 Å². The molecular weight excluding hydrogens is 466 g/mol. The van der Waals surface area contributed by atoms with Crippen molar-refractivity contribution in [3.8, 4) is 0 Å². The maximum atomic E-state index is 13.5. The first-order valence-corrected chi connectivity index (χ1v) is 11.2. The van der Waals surface area contributed by atoms with Crippen molar-refractivity contribution in [2.45, 2.75) is 20.4 Å². The molecule has 1 N–H and O–H groups in total. The lowest BCUT2D eigenvalue weighted by Crippen LogP contribution is -2.24. The summed E-state index contributed by atoms with van der Waals surface area (Å²) in [5.74, 6) is -0.772. The molecule has 174 valence electrons. The fourth-order valence-corrected chi connectivity index (χ4v) is 4.14. The van der Waals surface area contributed by atoms with Crippen molar-refractivity contribution in [3.63, 3.8) is 0 Å². The summed E-state index contributed by atoms with van der Waals surface area (Å²) in [6, 6.07) is 19.5. The first-order chi connectivity index (χ1) is 16.8. The number of hydrogen-bond donors (Lipinski definition) is 1. The molecule has 5 rings (SSSR count). The number of amides is 1. The van der Waals surface area contributed by atoms with Gasteiger partial charge in [0.05, 0.1) is 17.6 Å². The van der Waals surface area contributed by atoms with Gasteiger partial charge in [0.15, 0.2) is 5.78 Å². The van der Waals surface area contributed by atoms with Crippen molar-refractivity contribution < 1.29 is 9.59 Å². The molecule has 35 heavy (non-hydrogen) atoms. The largest absolute Gasteiger partial charge is 0.319 e. The number of halogens is 1. The number of benzene rings is 3.